The highest BCUT2D eigenvalue weighted by Crippen LogP contribution is 2.51. The standard InChI is InChI=1S/C20H34N2OSi/c1-15(2)16-12-17(14-22)20(6,10-9-11-21)18(13-16)23-24(7,8)19(3,4)5/h16-18H,1,9-10,12-13H2,2-8H3/t16-,17+,18-,20+/m0/s1. The van der Waals surface area contributed by atoms with Crippen LogP contribution in [0.15, 0.2) is 12.2 Å². The average Bonchev–Trinajstić information content (AvgIpc) is 2.45. The van der Waals surface area contributed by atoms with E-state index in [0.29, 0.717) is 12.3 Å². The molecule has 0 aromatic carbocycles. The van der Waals surface area contributed by atoms with Crippen LogP contribution < -0.4 is 0 Å². The Labute approximate surface area is 149 Å². The molecule has 0 heterocycles. The van der Waals surface area contributed by atoms with Crippen molar-refractivity contribution in [2.24, 2.45) is 17.3 Å². The highest BCUT2D eigenvalue weighted by molar-refractivity contribution is 6.74. The summed E-state index contributed by atoms with van der Waals surface area (Å²) < 4.78 is 6.81. The lowest BCUT2D eigenvalue weighted by atomic mass is 9.60. The maximum absolute atomic E-state index is 9.79. The maximum Gasteiger partial charge on any atom is 0.192 e. The van der Waals surface area contributed by atoms with Crippen molar-refractivity contribution >= 4 is 8.32 Å². The molecular weight excluding hydrogens is 312 g/mol. The number of hydrogen-bond donors (Lipinski definition) is 0. The van der Waals surface area contributed by atoms with Gasteiger partial charge in [-0.15, -0.1) is 0 Å². The molecule has 0 amide bonds. The van der Waals surface area contributed by atoms with Crippen molar-refractivity contribution < 1.29 is 4.43 Å². The second-order valence-electron chi connectivity index (χ2n) is 9.23. The molecule has 134 valence electrons. The van der Waals surface area contributed by atoms with Gasteiger partial charge in [0.1, 0.15) is 0 Å². The molecule has 4 atom stereocenters. The van der Waals surface area contributed by atoms with Gasteiger partial charge >= 0.3 is 0 Å². The van der Waals surface area contributed by atoms with E-state index in [0.717, 1.165) is 24.8 Å². The molecule has 1 saturated carbocycles. The molecule has 0 N–H and O–H groups in total. The van der Waals surface area contributed by atoms with Gasteiger partial charge in [0.25, 0.3) is 0 Å². The molecular formula is C20H34N2OSi. The van der Waals surface area contributed by atoms with Crippen molar-refractivity contribution in [1.82, 2.24) is 0 Å². The quantitative estimate of drug-likeness (QED) is 0.466. The van der Waals surface area contributed by atoms with Crippen LogP contribution in [0.25, 0.3) is 0 Å². The molecule has 0 aromatic rings. The van der Waals surface area contributed by atoms with Gasteiger partial charge in [0, 0.05) is 11.8 Å². The topological polar surface area (TPSA) is 56.8 Å². The summed E-state index contributed by atoms with van der Waals surface area (Å²) >= 11 is 0. The van der Waals surface area contributed by atoms with Crippen LogP contribution in [0.3, 0.4) is 0 Å². The minimum atomic E-state index is -1.95. The normalized spacial score (nSPS) is 31.1. The minimum Gasteiger partial charge on any atom is -0.413 e. The largest absolute Gasteiger partial charge is 0.413 e. The van der Waals surface area contributed by atoms with Crippen LogP contribution in [0.4, 0.5) is 0 Å². The molecule has 4 heteroatoms. The second-order valence-corrected chi connectivity index (χ2v) is 14.0. The summed E-state index contributed by atoms with van der Waals surface area (Å²) in [5.41, 5.74) is 0.882. The van der Waals surface area contributed by atoms with E-state index in [2.05, 4.69) is 66.4 Å². The number of rotatable bonds is 5. The third kappa shape index (κ3) is 4.29. The molecule has 1 aliphatic rings. The van der Waals surface area contributed by atoms with Crippen LogP contribution >= 0.6 is 0 Å². The molecule has 0 aromatic heterocycles. The third-order valence-electron chi connectivity index (χ3n) is 6.42. The van der Waals surface area contributed by atoms with Crippen molar-refractivity contribution in [2.75, 3.05) is 0 Å². The van der Waals surface area contributed by atoms with Gasteiger partial charge in [-0.25, -0.2) is 0 Å². The molecule has 1 aliphatic carbocycles. The molecule has 3 nitrogen and oxygen atoms in total. The Morgan fingerprint density at radius 2 is 1.88 bits per heavy atom. The van der Waals surface area contributed by atoms with Crippen molar-refractivity contribution in [3.8, 4) is 12.1 Å². The smallest absolute Gasteiger partial charge is 0.192 e. The Morgan fingerprint density at radius 3 is 2.29 bits per heavy atom. The predicted molar refractivity (Wildman–Crippen MR) is 102 cm³/mol. The van der Waals surface area contributed by atoms with E-state index < -0.39 is 8.32 Å². The molecule has 1 fully saturated rings. The average molecular weight is 347 g/mol. The van der Waals surface area contributed by atoms with Crippen molar-refractivity contribution in [3.05, 3.63) is 12.2 Å². The number of nitrogens with zero attached hydrogens (tertiary/aromatic N) is 2. The fourth-order valence-corrected chi connectivity index (χ4v) is 4.81. The third-order valence-corrected chi connectivity index (χ3v) is 10.9. The van der Waals surface area contributed by atoms with E-state index in [-0.39, 0.29) is 22.5 Å². The lowest BCUT2D eigenvalue weighted by molar-refractivity contribution is -0.0346. The van der Waals surface area contributed by atoms with Gasteiger partial charge in [-0.1, -0.05) is 39.8 Å². The molecule has 24 heavy (non-hydrogen) atoms. The summed E-state index contributed by atoms with van der Waals surface area (Å²) in [5.74, 6) is 0.246. The molecule has 0 spiro atoms. The Kier molecular flexibility index (Phi) is 6.47. The predicted octanol–water partition coefficient (Wildman–Crippen LogP) is 5.81. The summed E-state index contributed by atoms with van der Waals surface area (Å²) in [4.78, 5) is 0. The fraction of sp³-hybridized carbons (Fsp3) is 0.800. The maximum atomic E-state index is 9.79. The zero-order valence-electron chi connectivity index (χ0n) is 16.6. The van der Waals surface area contributed by atoms with Gasteiger partial charge in [0.2, 0.25) is 0 Å². The monoisotopic (exact) mass is 346 g/mol. The van der Waals surface area contributed by atoms with Crippen LogP contribution in [-0.4, -0.2) is 14.4 Å². The van der Waals surface area contributed by atoms with E-state index in [9.17, 15) is 5.26 Å². The summed E-state index contributed by atoms with van der Waals surface area (Å²) in [6, 6.07) is 4.79. The lowest BCUT2D eigenvalue weighted by Gasteiger charge is -2.51. The second kappa shape index (κ2) is 7.42. The van der Waals surface area contributed by atoms with Gasteiger partial charge in [-0.05, 0) is 50.2 Å². The number of nitriles is 2. The molecule has 0 unspecified atom stereocenters. The minimum absolute atomic E-state index is 0.0202. The summed E-state index contributed by atoms with van der Waals surface area (Å²) in [6.45, 7) is 19.6. The lowest BCUT2D eigenvalue weighted by Crippen LogP contribution is -2.53. The van der Waals surface area contributed by atoms with Crippen LogP contribution in [0.1, 0.15) is 60.3 Å². The van der Waals surface area contributed by atoms with Crippen LogP contribution in [0, 0.1) is 39.9 Å². The Morgan fingerprint density at radius 1 is 1.29 bits per heavy atom. The zero-order chi connectivity index (χ0) is 18.8. The van der Waals surface area contributed by atoms with Gasteiger partial charge in [-0.3, -0.25) is 0 Å². The molecule has 0 bridgehead atoms. The first-order valence-electron chi connectivity index (χ1n) is 8.99. The Hall–Kier alpha value is -1.10. The van der Waals surface area contributed by atoms with E-state index in [1.807, 2.05) is 0 Å². The first-order valence-corrected chi connectivity index (χ1v) is 11.9. The first-order chi connectivity index (χ1) is 10.9. The molecule has 0 aliphatic heterocycles. The molecule has 0 saturated heterocycles. The van der Waals surface area contributed by atoms with Crippen LogP contribution in [-0.2, 0) is 4.43 Å². The van der Waals surface area contributed by atoms with Crippen molar-refractivity contribution in [2.45, 2.75) is 84.5 Å². The SMILES string of the molecule is C=C(C)[C@@H]1C[C@H](O[Si](C)(C)C(C)(C)C)[C@](C)(CCC#N)[C@@H](C#N)C1. The fourth-order valence-electron chi connectivity index (χ4n) is 3.38. The highest BCUT2D eigenvalue weighted by atomic mass is 28.4. The Balaban J connectivity index is 3.23. The highest BCUT2D eigenvalue weighted by Gasteiger charge is 2.51. The van der Waals surface area contributed by atoms with Crippen molar-refractivity contribution in [1.29, 1.82) is 10.5 Å². The summed E-state index contributed by atoms with van der Waals surface area (Å²) in [7, 11) is -1.95. The molecule has 1 rings (SSSR count). The van der Waals surface area contributed by atoms with E-state index in [1.165, 1.54) is 0 Å². The van der Waals surface area contributed by atoms with Gasteiger partial charge in [-0.2, -0.15) is 10.5 Å². The van der Waals surface area contributed by atoms with Crippen molar-refractivity contribution in [3.63, 3.8) is 0 Å². The summed E-state index contributed by atoms with van der Waals surface area (Å²) in [6.07, 6.45) is 2.98. The first kappa shape index (κ1) is 20.9. The number of allylic oxidation sites excluding steroid dienone is 1. The van der Waals surface area contributed by atoms with E-state index in [4.69, 9.17) is 9.69 Å². The van der Waals surface area contributed by atoms with Crippen LogP contribution in [0.5, 0.6) is 0 Å². The van der Waals surface area contributed by atoms with Crippen LogP contribution in [0.2, 0.25) is 18.1 Å². The number of hydrogen-bond acceptors (Lipinski definition) is 3. The zero-order valence-corrected chi connectivity index (χ0v) is 17.6. The summed E-state index contributed by atoms with van der Waals surface area (Å²) in [5, 5.41) is 19.0. The Bertz CT molecular complexity index is 549. The molecule has 0 radical (unpaired) electrons. The van der Waals surface area contributed by atoms with E-state index >= 15 is 0 Å². The van der Waals surface area contributed by atoms with E-state index in [1.54, 1.807) is 0 Å². The van der Waals surface area contributed by atoms with Gasteiger partial charge in [0.05, 0.1) is 24.2 Å². The van der Waals surface area contributed by atoms with Gasteiger partial charge < -0.3 is 4.43 Å². The van der Waals surface area contributed by atoms with Gasteiger partial charge in [0.15, 0.2) is 8.32 Å².